The third-order valence-electron chi connectivity index (χ3n) is 3.00. The van der Waals surface area contributed by atoms with Crippen molar-refractivity contribution in [2.24, 2.45) is 0 Å². The monoisotopic (exact) mass is 294 g/mol. The van der Waals surface area contributed by atoms with Gasteiger partial charge < -0.3 is 10.6 Å². The summed E-state index contributed by atoms with van der Waals surface area (Å²) in [7, 11) is 0. The molecule has 2 N–H and O–H groups in total. The smallest absolute Gasteiger partial charge is 0.261 e. The summed E-state index contributed by atoms with van der Waals surface area (Å²) in [6, 6.07) is 7.12. The van der Waals surface area contributed by atoms with Crippen molar-refractivity contribution in [1.29, 1.82) is 0 Å². The summed E-state index contributed by atoms with van der Waals surface area (Å²) in [6.45, 7) is 1.69. The predicted molar refractivity (Wildman–Crippen MR) is 74.5 cm³/mol. The average molecular weight is 294 g/mol. The van der Waals surface area contributed by atoms with Gasteiger partial charge in [0.2, 0.25) is 0 Å². The number of para-hydroxylation sites is 1. The molecule has 0 atom stereocenters. The number of hydrogen-bond donors (Lipinski definition) is 1. The highest BCUT2D eigenvalue weighted by molar-refractivity contribution is 6.06. The maximum absolute atomic E-state index is 13.9. The lowest BCUT2D eigenvalue weighted by molar-refractivity contribution is 0.0983. The molecular weight excluding hydrogens is 281 g/mol. The molecule has 0 spiro atoms. The van der Waals surface area contributed by atoms with Crippen LogP contribution >= 0.6 is 0 Å². The quantitative estimate of drug-likeness (QED) is 0.882. The van der Waals surface area contributed by atoms with Crippen molar-refractivity contribution in [2.45, 2.75) is 6.92 Å². The number of carbonyl (C=O) groups is 1. The maximum atomic E-state index is 13.9. The second-order valence-electron chi connectivity index (χ2n) is 4.36. The second-order valence-corrected chi connectivity index (χ2v) is 4.36. The van der Waals surface area contributed by atoms with E-state index in [0.717, 1.165) is 17.0 Å². The number of nitrogens with two attached hydrogens (primary N) is 1. The van der Waals surface area contributed by atoms with E-state index in [2.05, 4.69) is 0 Å². The molecule has 0 fully saturated rings. The number of nitrogen functional groups attached to an aromatic ring is 1. The summed E-state index contributed by atoms with van der Waals surface area (Å²) in [5.41, 5.74) is 4.30. The van der Waals surface area contributed by atoms with E-state index in [-0.39, 0.29) is 12.2 Å². The molecule has 21 heavy (non-hydrogen) atoms. The second kappa shape index (κ2) is 5.87. The van der Waals surface area contributed by atoms with Crippen molar-refractivity contribution >= 4 is 17.3 Å². The zero-order valence-electron chi connectivity index (χ0n) is 11.2. The topological polar surface area (TPSA) is 46.3 Å². The first-order valence-electron chi connectivity index (χ1n) is 6.26. The van der Waals surface area contributed by atoms with Crippen LogP contribution in [0, 0.1) is 17.5 Å². The van der Waals surface area contributed by atoms with Crippen LogP contribution in [0.5, 0.6) is 0 Å². The highest BCUT2D eigenvalue weighted by Gasteiger charge is 2.23. The zero-order chi connectivity index (χ0) is 15.6. The molecule has 0 aromatic heterocycles. The largest absolute Gasteiger partial charge is 0.396 e. The van der Waals surface area contributed by atoms with E-state index < -0.39 is 34.6 Å². The van der Waals surface area contributed by atoms with E-state index in [0.29, 0.717) is 0 Å². The number of halogens is 3. The molecule has 2 rings (SSSR count). The molecule has 0 unspecified atom stereocenters. The summed E-state index contributed by atoms with van der Waals surface area (Å²) < 4.78 is 41.0. The van der Waals surface area contributed by atoms with Crippen molar-refractivity contribution in [3.8, 4) is 0 Å². The van der Waals surface area contributed by atoms with Gasteiger partial charge in [0.05, 0.1) is 16.9 Å². The zero-order valence-corrected chi connectivity index (χ0v) is 11.2. The third kappa shape index (κ3) is 2.84. The van der Waals surface area contributed by atoms with Gasteiger partial charge in [-0.15, -0.1) is 0 Å². The van der Waals surface area contributed by atoms with Gasteiger partial charge in [-0.3, -0.25) is 4.79 Å². The Balaban J connectivity index is 2.49. The van der Waals surface area contributed by atoms with Gasteiger partial charge in [0.25, 0.3) is 5.91 Å². The van der Waals surface area contributed by atoms with Crippen LogP contribution in [0.15, 0.2) is 36.4 Å². The Labute approximate surface area is 119 Å². The van der Waals surface area contributed by atoms with Crippen LogP contribution in [0.1, 0.15) is 17.3 Å². The Bertz CT molecular complexity index is 689. The van der Waals surface area contributed by atoms with Crippen molar-refractivity contribution in [2.75, 3.05) is 17.2 Å². The summed E-state index contributed by atoms with van der Waals surface area (Å²) in [5.74, 6) is -3.33. The van der Waals surface area contributed by atoms with Gasteiger partial charge in [-0.25, -0.2) is 13.2 Å². The van der Waals surface area contributed by atoms with Crippen LogP contribution in [0.3, 0.4) is 0 Å². The number of nitrogens with zero attached hydrogens (tertiary/aromatic N) is 1. The van der Waals surface area contributed by atoms with Crippen LogP contribution in [0.2, 0.25) is 0 Å². The molecule has 0 bridgehead atoms. The molecular formula is C15H13F3N2O. The average Bonchev–Trinajstić information content (AvgIpc) is 2.45. The lowest BCUT2D eigenvalue weighted by Gasteiger charge is -2.22. The molecule has 2 aromatic carbocycles. The Morgan fingerprint density at radius 2 is 1.86 bits per heavy atom. The highest BCUT2D eigenvalue weighted by Crippen LogP contribution is 2.24. The molecule has 0 aliphatic rings. The predicted octanol–water partition coefficient (Wildman–Crippen LogP) is 3.35. The molecule has 0 heterocycles. The van der Waals surface area contributed by atoms with E-state index in [1.807, 2.05) is 0 Å². The fraction of sp³-hybridized carbons (Fsp3) is 0.133. The number of rotatable bonds is 3. The molecule has 0 saturated heterocycles. The number of hydrogen-bond acceptors (Lipinski definition) is 2. The van der Waals surface area contributed by atoms with Crippen molar-refractivity contribution < 1.29 is 18.0 Å². The highest BCUT2D eigenvalue weighted by atomic mass is 19.1. The Morgan fingerprint density at radius 3 is 2.48 bits per heavy atom. The summed E-state index contributed by atoms with van der Waals surface area (Å²) in [6.07, 6.45) is 0. The molecule has 3 nitrogen and oxygen atoms in total. The van der Waals surface area contributed by atoms with Gasteiger partial charge in [-0.1, -0.05) is 12.1 Å². The summed E-state index contributed by atoms with van der Waals surface area (Å²) >= 11 is 0. The summed E-state index contributed by atoms with van der Waals surface area (Å²) in [5, 5.41) is 0. The van der Waals surface area contributed by atoms with Gasteiger partial charge in [0, 0.05) is 6.54 Å². The molecule has 1 amide bonds. The molecule has 0 aliphatic carbocycles. The van der Waals surface area contributed by atoms with Crippen LogP contribution in [0.25, 0.3) is 0 Å². The van der Waals surface area contributed by atoms with E-state index >= 15 is 0 Å². The van der Waals surface area contributed by atoms with E-state index in [4.69, 9.17) is 5.73 Å². The number of carbonyl (C=O) groups excluding carboxylic acids is 1. The SMILES string of the molecule is CCN(C(=O)c1cc(F)cc(N)c1F)c1ccccc1F. The standard InChI is InChI=1S/C15H13F3N2O/c1-2-20(13-6-4-3-5-11(13)17)15(21)10-7-9(16)8-12(19)14(10)18/h3-8H,2,19H2,1H3. The minimum atomic E-state index is -1.02. The minimum Gasteiger partial charge on any atom is -0.396 e. The van der Waals surface area contributed by atoms with Crippen molar-refractivity contribution in [1.82, 2.24) is 0 Å². The van der Waals surface area contributed by atoms with Gasteiger partial charge in [-0.05, 0) is 31.2 Å². The fourth-order valence-electron chi connectivity index (χ4n) is 2.01. The minimum absolute atomic E-state index is 0.00719. The number of amides is 1. The van der Waals surface area contributed by atoms with Gasteiger partial charge in [-0.2, -0.15) is 0 Å². The maximum Gasteiger partial charge on any atom is 0.261 e. The molecule has 6 heteroatoms. The Kier molecular flexibility index (Phi) is 4.16. The van der Waals surface area contributed by atoms with Gasteiger partial charge >= 0.3 is 0 Å². The first kappa shape index (κ1) is 14.9. The van der Waals surface area contributed by atoms with Crippen LogP contribution in [-0.2, 0) is 0 Å². The molecule has 0 radical (unpaired) electrons. The molecule has 2 aromatic rings. The van der Waals surface area contributed by atoms with E-state index in [9.17, 15) is 18.0 Å². The normalized spacial score (nSPS) is 10.5. The number of benzene rings is 2. The van der Waals surface area contributed by atoms with E-state index in [1.165, 1.54) is 18.2 Å². The Morgan fingerprint density at radius 1 is 1.19 bits per heavy atom. The van der Waals surface area contributed by atoms with Crippen LogP contribution in [0.4, 0.5) is 24.5 Å². The molecule has 110 valence electrons. The number of anilines is 2. The van der Waals surface area contributed by atoms with Crippen molar-refractivity contribution in [3.63, 3.8) is 0 Å². The Hall–Kier alpha value is -2.50. The molecule has 0 aliphatic heterocycles. The fourth-order valence-corrected chi connectivity index (χ4v) is 2.01. The van der Waals surface area contributed by atoms with Gasteiger partial charge in [0.15, 0.2) is 5.82 Å². The third-order valence-corrected chi connectivity index (χ3v) is 3.00. The van der Waals surface area contributed by atoms with Crippen LogP contribution < -0.4 is 10.6 Å². The first-order chi connectivity index (χ1) is 9.95. The van der Waals surface area contributed by atoms with Crippen LogP contribution in [-0.4, -0.2) is 12.5 Å². The van der Waals surface area contributed by atoms with E-state index in [1.54, 1.807) is 13.0 Å². The molecule has 0 saturated carbocycles. The lowest BCUT2D eigenvalue weighted by atomic mass is 10.1. The lowest BCUT2D eigenvalue weighted by Crippen LogP contribution is -2.32. The summed E-state index contributed by atoms with van der Waals surface area (Å²) in [4.78, 5) is 13.4. The van der Waals surface area contributed by atoms with Gasteiger partial charge in [0.1, 0.15) is 11.6 Å². The first-order valence-corrected chi connectivity index (χ1v) is 6.26. The van der Waals surface area contributed by atoms with Crippen molar-refractivity contribution in [3.05, 3.63) is 59.4 Å².